The summed E-state index contributed by atoms with van der Waals surface area (Å²) in [6.07, 6.45) is 4.03. The van der Waals surface area contributed by atoms with Crippen LogP contribution in [0.15, 0.2) is 18.2 Å². The molecule has 0 bridgehead atoms. The molecule has 2 amide bonds. The Bertz CT molecular complexity index is 974. The number of carbonyl (C=O) groups is 2. The van der Waals surface area contributed by atoms with Crippen molar-refractivity contribution in [3.05, 3.63) is 39.8 Å². The smallest absolute Gasteiger partial charge is 0.265 e. The summed E-state index contributed by atoms with van der Waals surface area (Å²) in [4.78, 5) is 27.6. The zero-order valence-corrected chi connectivity index (χ0v) is 15.8. The molecule has 1 aliphatic carbocycles. The SMILES string of the molecule is Cc1ccc2c(c1)N(CC(=O)Nc1sc3c(c1C#N)CCCC3)C(=O)CO2. The highest BCUT2D eigenvalue weighted by Crippen LogP contribution is 2.38. The topological polar surface area (TPSA) is 82.4 Å². The Morgan fingerprint density at radius 1 is 1.37 bits per heavy atom. The molecule has 2 aromatic rings. The van der Waals surface area contributed by atoms with Crippen molar-refractivity contribution in [2.75, 3.05) is 23.4 Å². The van der Waals surface area contributed by atoms with E-state index in [-0.39, 0.29) is 25.0 Å². The third-order valence-electron chi connectivity index (χ3n) is 4.90. The molecule has 0 radical (unpaired) electrons. The van der Waals surface area contributed by atoms with E-state index >= 15 is 0 Å². The van der Waals surface area contributed by atoms with Gasteiger partial charge >= 0.3 is 0 Å². The van der Waals surface area contributed by atoms with E-state index in [0.717, 1.165) is 36.8 Å². The van der Waals surface area contributed by atoms with Crippen molar-refractivity contribution in [3.63, 3.8) is 0 Å². The first-order chi connectivity index (χ1) is 13.1. The first kappa shape index (κ1) is 17.6. The van der Waals surface area contributed by atoms with Gasteiger partial charge in [-0.3, -0.25) is 14.5 Å². The summed E-state index contributed by atoms with van der Waals surface area (Å²) in [5.41, 5.74) is 3.24. The normalized spacial score (nSPS) is 15.4. The summed E-state index contributed by atoms with van der Waals surface area (Å²) in [6.45, 7) is 1.74. The molecule has 1 aromatic carbocycles. The van der Waals surface area contributed by atoms with Crippen molar-refractivity contribution < 1.29 is 14.3 Å². The highest BCUT2D eigenvalue weighted by molar-refractivity contribution is 7.16. The molecule has 0 atom stereocenters. The summed E-state index contributed by atoms with van der Waals surface area (Å²) in [5.74, 6) is 0.0272. The van der Waals surface area contributed by atoms with E-state index in [1.165, 1.54) is 21.1 Å². The van der Waals surface area contributed by atoms with Gasteiger partial charge in [-0.15, -0.1) is 11.3 Å². The Balaban J connectivity index is 1.56. The van der Waals surface area contributed by atoms with Crippen LogP contribution in [0.2, 0.25) is 0 Å². The number of nitrogens with one attached hydrogen (secondary N) is 1. The minimum Gasteiger partial charge on any atom is -0.482 e. The number of benzene rings is 1. The number of hydrogen-bond acceptors (Lipinski definition) is 5. The first-order valence-corrected chi connectivity index (χ1v) is 9.77. The monoisotopic (exact) mass is 381 g/mol. The highest BCUT2D eigenvalue weighted by atomic mass is 32.1. The Morgan fingerprint density at radius 3 is 3.00 bits per heavy atom. The minimum absolute atomic E-state index is 0.0832. The average Bonchev–Trinajstić information content (AvgIpc) is 3.01. The molecule has 1 N–H and O–H groups in total. The van der Waals surface area contributed by atoms with Gasteiger partial charge in [-0.25, -0.2) is 0 Å². The molecule has 0 fully saturated rings. The van der Waals surface area contributed by atoms with Gasteiger partial charge in [0, 0.05) is 4.88 Å². The molecule has 1 aromatic heterocycles. The number of nitriles is 1. The maximum Gasteiger partial charge on any atom is 0.265 e. The fourth-order valence-electron chi connectivity index (χ4n) is 3.57. The largest absolute Gasteiger partial charge is 0.482 e. The quantitative estimate of drug-likeness (QED) is 0.885. The predicted molar refractivity (Wildman–Crippen MR) is 103 cm³/mol. The number of amides is 2. The number of rotatable bonds is 3. The second-order valence-electron chi connectivity index (χ2n) is 6.81. The molecule has 0 unspecified atom stereocenters. The maximum absolute atomic E-state index is 12.7. The Kier molecular flexibility index (Phi) is 4.58. The summed E-state index contributed by atoms with van der Waals surface area (Å²) < 4.78 is 5.45. The van der Waals surface area contributed by atoms with Crippen LogP contribution in [-0.4, -0.2) is 25.0 Å². The van der Waals surface area contributed by atoms with Crippen LogP contribution in [0.25, 0.3) is 0 Å². The minimum atomic E-state index is -0.312. The summed E-state index contributed by atoms with van der Waals surface area (Å²) in [6, 6.07) is 7.79. The number of thiophene rings is 1. The van der Waals surface area contributed by atoms with E-state index in [0.29, 0.717) is 22.0 Å². The first-order valence-electron chi connectivity index (χ1n) is 8.95. The van der Waals surface area contributed by atoms with E-state index in [2.05, 4.69) is 11.4 Å². The van der Waals surface area contributed by atoms with Gasteiger partial charge in [0.05, 0.1) is 11.3 Å². The number of ether oxygens (including phenoxy) is 1. The van der Waals surface area contributed by atoms with Crippen molar-refractivity contribution in [1.82, 2.24) is 0 Å². The molecular formula is C20H19N3O3S. The number of aryl methyl sites for hydroxylation is 2. The van der Waals surface area contributed by atoms with Crippen LogP contribution in [0.4, 0.5) is 10.7 Å². The van der Waals surface area contributed by atoms with Crippen LogP contribution in [0.3, 0.4) is 0 Å². The predicted octanol–water partition coefficient (Wildman–Crippen LogP) is 3.17. The van der Waals surface area contributed by atoms with Gasteiger partial charge in [-0.1, -0.05) is 6.07 Å². The lowest BCUT2D eigenvalue weighted by molar-refractivity contribution is -0.123. The lowest BCUT2D eigenvalue weighted by Gasteiger charge is -2.29. The highest BCUT2D eigenvalue weighted by Gasteiger charge is 2.28. The molecular weight excluding hydrogens is 362 g/mol. The van der Waals surface area contributed by atoms with Crippen LogP contribution in [0.5, 0.6) is 5.75 Å². The molecule has 0 spiro atoms. The van der Waals surface area contributed by atoms with Gasteiger partial charge in [0.2, 0.25) is 5.91 Å². The average molecular weight is 381 g/mol. The zero-order valence-electron chi connectivity index (χ0n) is 15.0. The molecule has 1 aliphatic heterocycles. The van der Waals surface area contributed by atoms with E-state index < -0.39 is 0 Å². The second-order valence-corrected chi connectivity index (χ2v) is 7.92. The molecule has 138 valence electrons. The van der Waals surface area contributed by atoms with Crippen molar-refractivity contribution in [1.29, 1.82) is 5.26 Å². The van der Waals surface area contributed by atoms with Gasteiger partial charge in [0.25, 0.3) is 5.91 Å². The Morgan fingerprint density at radius 2 is 2.19 bits per heavy atom. The molecule has 2 heterocycles. The molecule has 2 aliphatic rings. The lowest BCUT2D eigenvalue weighted by Crippen LogP contribution is -2.43. The Labute approximate surface area is 161 Å². The third-order valence-corrected chi connectivity index (χ3v) is 6.10. The molecule has 0 saturated heterocycles. The van der Waals surface area contributed by atoms with E-state index in [9.17, 15) is 14.9 Å². The number of fused-ring (bicyclic) bond motifs is 2. The number of carbonyl (C=O) groups excluding carboxylic acids is 2. The number of nitrogens with zero attached hydrogens (tertiary/aromatic N) is 2. The van der Waals surface area contributed by atoms with Gasteiger partial charge in [-0.2, -0.15) is 5.26 Å². The molecule has 6 nitrogen and oxygen atoms in total. The van der Waals surface area contributed by atoms with Crippen molar-refractivity contribution in [2.45, 2.75) is 32.6 Å². The molecule has 27 heavy (non-hydrogen) atoms. The van der Waals surface area contributed by atoms with Gasteiger partial charge in [0.1, 0.15) is 23.4 Å². The summed E-state index contributed by atoms with van der Waals surface area (Å²) >= 11 is 1.48. The van der Waals surface area contributed by atoms with Crippen molar-refractivity contribution in [3.8, 4) is 11.8 Å². The van der Waals surface area contributed by atoms with Crippen LogP contribution in [-0.2, 0) is 22.4 Å². The fourth-order valence-corrected chi connectivity index (χ4v) is 4.82. The summed E-state index contributed by atoms with van der Waals surface area (Å²) in [5, 5.41) is 13.0. The van der Waals surface area contributed by atoms with Crippen LogP contribution in [0.1, 0.15) is 34.4 Å². The van der Waals surface area contributed by atoms with Crippen molar-refractivity contribution in [2.24, 2.45) is 0 Å². The lowest BCUT2D eigenvalue weighted by atomic mass is 9.96. The standard InChI is InChI=1S/C20H19N3O3S/c1-12-6-7-16-15(8-12)23(19(25)11-26-16)10-18(24)22-20-14(9-21)13-4-2-3-5-17(13)27-20/h6-8H,2-5,10-11H2,1H3,(H,22,24). The van der Waals surface area contributed by atoms with Gasteiger partial charge in [-0.05, 0) is 55.9 Å². The molecule has 4 rings (SSSR count). The van der Waals surface area contributed by atoms with Crippen LogP contribution >= 0.6 is 11.3 Å². The number of anilines is 2. The van der Waals surface area contributed by atoms with E-state index in [1.54, 1.807) is 0 Å². The maximum atomic E-state index is 12.7. The third kappa shape index (κ3) is 3.28. The number of hydrogen-bond donors (Lipinski definition) is 1. The van der Waals surface area contributed by atoms with Crippen LogP contribution in [0, 0.1) is 18.3 Å². The van der Waals surface area contributed by atoms with E-state index in [1.807, 2.05) is 25.1 Å². The van der Waals surface area contributed by atoms with Gasteiger partial charge < -0.3 is 10.1 Å². The Hall–Kier alpha value is -2.85. The summed E-state index contributed by atoms with van der Waals surface area (Å²) in [7, 11) is 0. The molecule has 0 saturated carbocycles. The zero-order chi connectivity index (χ0) is 19.0. The second kappa shape index (κ2) is 7.05. The van der Waals surface area contributed by atoms with E-state index in [4.69, 9.17) is 4.74 Å². The van der Waals surface area contributed by atoms with Gasteiger partial charge in [0.15, 0.2) is 6.61 Å². The molecule has 7 heteroatoms. The fraction of sp³-hybridized carbons (Fsp3) is 0.350. The van der Waals surface area contributed by atoms with Crippen LogP contribution < -0.4 is 15.0 Å². The van der Waals surface area contributed by atoms with Crippen molar-refractivity contribution >= 4 is 33.8 Å².